The van der Waals surface area contributed by atoms with E-state index in [1.807, 2.05) is 30.0 Å². The number of para-hydroxylation sites is 1. The van der Waals surface area contributed by atoms with Crippen LogP contribution in [0.2, 0.25) is 0 Å². The Morgan fingerprint density at radius 2 is 1.79 bits per heavy atom. The Morgan fingerprint density at radius 3 is 2.57 bits per heavy atom. The number of nitrogens with two attached hydrogens (primary N) is 1. The number of hydrogen-bond acceptors (Lipinski definition) is 5. The fraction of sp³-hybridized carbons (Fsp3) is 0.391. The molecule has 3 aromatic rings. The third-order valence-electron chi connectivity index (χ3n) is 6.49. The Hall–Kier alpha value is -2.24. The molecule has 2 aromatic heterocycles. The van der Waals surface area contributed by atoms with E-state index < -0.39 is 0 Å². The van der Waals surface area contributed by atoms with Gasteiger partial charge in [-0.2, -0.15) is 0 Å². The zero-order valence-corrected chi connectivity index (χ0v) is 16.8. The average molecular weight is 391 g/mol. The summed E-state index contributed by atoms with van der Waals surface area (Å²) in [5, 5.41) is 0. The summed E-state index contributed by atoms with van der Waals surface area (Å²) in [7, 11) is 0. The summed E-state index contributed by atoms with van der Waals surface area (Å²) in [6, 6.07) is 13.6. The maximum Gasteiger partial charge on any atom is 0.0798 e. The van der Waals surface area contributed by atoms with Gasteiger partial charge in [0.1, 0.15) is 0 Å². The third kappa shape index (κ3) is 3.23. The molecule has 2 N–H and O–H groups in total. The van der Waals surface area contributed by atoms with E-state index in [4.69, 9.17) is 5.73 Å². The Labute approximate surface area is 170 Å². The highest BCUT2D eigenvalue weighted by Gasteiger charge is 2.37. The van der Waals surface area contributed by atoms with Crippen LogP contribution in [-0.4, -0.2) is 27.5 Å². The molecule has 0 spiro atoms. The van der Waals surface area contributed by atoms with Crippen molar-refractivity contribution in [3.8, 4) is 0 Å². The van der Waals surface area contributed by atoms with Gasteiger partial charge in [-0.05, 0) is 60.9 Å². The minimum atomic E-state index is 0.250. The normalized spacial score (nSPS) is 25.4. The highest BCUT2D eigenvalue weighted by atomic mass is 32.1. The summed E-state index contributed by atoms with van der Waals surface area (Å²) < 4.78 is 0. The smallest absolute Gasteiger partial charge is 0.0798 e. The zero-order valence-electron chi connectivity index (χ0n) is 16.0. The molecule has 144 valence electrons. The first-order valence-corrected chi connectivity index (χ1v) is 11.1. The van der Waals surface area contributed by atoms with Crippen LogP contribution in [0.4, 0.5) is 5.69 Å². The van der Waals surface area contributed by atoms with Crippen LogP contribution < -0.4 is 5.73 Å². The molecule has 0 bridgehead atoms. The van der Waals surface area contributed by atoms with Crippen LogP contribution >= 0.6 is 11.3 Å². The van der Waals surface area contributed by atoms with Crippen molar-refractivity contribution in [3.05, 3.63) is 76.0 Å². The minimum absolute atomic E-state index is 0.250. The van der Waals surface area contributed by atoms with Crippen LogP contribution in [0.3, 0.4) is 0 Å². The third-order valence-corrected chi connectivity index (χ3v) is 7.42. The van der Waals surface area contributed by atoms with Gasteiger partial charge in [0.05, 0.1) is 17.2 Å². The second kappa shape index (κ2) is 7.64. The number of hydrogen-bond donors (Lipinski definition) is 1. The fourth-order valence-electron chi connectivity index (χ4n) is 5.05. The van der Waals surface area contributed by atoms with Crippen molar-refractivity contribution in [1.29, 1.82) is 0 Å². The number of rotatable bonds is 3. The number of thiazole rings is 1. The minimum Gasteiger partial charge on any atom is -0.398 e. The van der Waals surface area contributed by atoms with E-state index in [2.05, 4.69) is 39.1 Å². The number of aromatic nitrogens is 2. The molecule has 5 heteroatoms. The van der Waals surface area contributed by atoms with Crippen molar-refractivity contribution in [1.82, 2.24) is 14.9 Å². The van der Waals surface area contributed by atoms with E-state index in [1.54, 1.807) is 11.3 Å². The van der Waals surface area contributed by atoms with Crippen molar-refractivity contribution in [3.63, 3.8) is 0 Å². The standard InChI is InChI=1S/C23H26N4S/c24-20-4-2-1-3-19(20)22-23-21(26-15-28-23)11-14-27(22)18-7-5-16(6-8-18)17-9-12-25-13-10-17/h1-4,9-10,12-13,15-16,18,22H,5-8,11,14,24H2. The molecule has 5 rings (SSSR count). The van der Waals surface area contributed by atoms with Crippen LogP contribution in [0.15, 0.2) is 54.3 Å². The van der Waals surface area contributed by atoms with Crippen molar-refractivity contribution >= 4 is 17.0 Å². The molecule has 3 heterocycles. The van der Waals surface area contributed by atoms with E-state index in [-0.39, 0.29) is 6.04 Å². The molecule has 1 fully saturated rings. The molecule has 4 nitrogen and oxygen atoms in total. The van der Waals surface area contributed by atoms with Crippen molar-refractivity contribution < 1.29 is 0 Å². The van der Waals surface area contributed by atoms with Gasteiger partial charge in [0.25, 0.3) is 0 Å². The number of nitrogen functional groups attached to an aromatic ring is 1. The molecule has 2 aliphatic rings. The van der Waals surface area contributed by atoms with E-state index in [0.29, 0.717) is 12.0 Å². The lowest BCUT2D eigenvalue weighted by molar-refractivity contribution is 0.111. The quantitative estimate of drug-likeness (QED) is 0.653. The van der Waals surface area contributed by atoms with Gasteiger partial charge in [-0.3, -0.25) is 9.88 Å². The lowest BCUT2D eigenvalue weighted by Crippen LogP contribution is -2.44. The van der Waals surface area contributed by atoms with Gasteiger partial charge in [-0.25, -0.2) is 4.98 Å². The summed E-state index contributed by atoms with van der Waals surface area (Å²) in [5.41, 5.74) is 13.3. The molecule has 1 atom stereocenters. The SMILES string of the molecule is Nc1ccccc1C1c2scnc2CCN1C1CCC(c2ccncc2)CC1. The molecule has 1 aliphatic carbocycles. The highest BCUT2D eigenvalue weighted by Crippen LogP contribution is 2.44. The van der Waals surface area contributed by atoms with E-state index in [0.717, 1.165) is 18.7 Å². The Morgan fingerprint density at radius 1 is 1.00 bits per heavy atom. The largest absolute Gasteiger partial charge is 0.398 e. The van der Waals surface area contributed by atoms with Gasteiger partial charge >= 0.3 is 0 Å². The van der Waals surface area contributed by atoms with E-state index in [9.17, 15) is 0 Å². The zero-order chi connectivity index (χ0) is 18.9. The number of pyridine rings is 1. The molecule has 0 saturated heterocycles. The lowest BCUT2D eigenvalue weighted by atomic mass is 9.80. The van der Waals surface area contributed by atoms with Gasteiger partial charge < -0.3 is 5.73 Å². The number of nitrogens with zero attached hydrogens (tertiary/aromatic N) is 3. The predicted octanol–water partition coefficient (Wildman–Crippen LogP) is 4.79. The highest BCUT2D eigenvalue weighted by molar-refractivity contribution is 7.09. The van der Waals surface area contributed by atoms with Crippen LogP contribution in [0, 0.1) is 0 Å². The van der Waals surface area contributed by atoms with Crippen molar-refractivity contribution in [2.45, 2.75) is 50.1 Å². The summed E-state index contributed by atoms with van der Waals surface area (Å²) in [6.07, 6.45) is 9.87. The molecule has 0 radical (unpaired) electrons. The van der Waals surface area contributed by atoms with Crippen molar-refractivity contribution in [2.24, 2.45) is 0 Å². The monoisotopic (exact) mass is 390 g/mol. The molecule has 28 heavy (non-hydrogen) atoms. The maximum atomic E-state index is 6.42. The Kier molecular flexibility index (Phi) is 4.87. The molecular weight excluding hydrogens is 364 g/mol. The van der Waals surface area contributed by atoms with E-state index >= 15 is 0 Å². The number of benzene rings is 1. The van der Waals surface area contributed by atoms with Gasteiger partial charge in [0.15, 0.2) is 0 Å². The second-order valence-electron chi connectivity index (χ2n) is 7.97. The molecule has 1 aromatic carbocycles. The summed E-state index contributed by atoms with van der Waals surface area (Å²) in [5.74, 6) is 0.670. The molecule has 1 saturated carbocycles. The first-order chi connectivity index (χ1) is 13.8. The first-order valence-electron chi connectivity index (χ1n) is 10.2. The van der Waals surface area contributed by atoms with Crippen LogP contribution in [-0.2, 0) is 6.42 Å². The van der Waals surface area contributed by atoms with Gasteiger partial charge in [0, 0.05) is 42.0 Å². The van der Waals surface area contributed by atoms with Crippen LogP contribution in [0.1, 0.15) is 59.3 Å². The summed E-state index contributed by atoms with van der Waals surface area (Å²) >= 11 is 1.79. The van der Waals surface area contributed by atoms with Gasteiger partial charge in [0.2, 0.25) is 0 Å². The predicted molar refractivity (Wildman–Crippen MR) is 114 cm³/mol. The van der Waals surface area contributed by atoms with Gasteiger partial charge in [-0.15, -0.1) is 11.3 Å². The van der Waals surface area contributed by atoms with Crippen molar-refractivity contribution in [2.75, 3.05) is 12.3 Å². The lowest BCUT2D eigenvalue weighted by Gasteiger charge is -2.44. The second-order valence-corrected chi connectivity index (χ2v) is 8.85. The fourth-order valence-corrected chi connectivity index (χ4v) is 6.03. The topological polar surface area (TPSA) is 55.0 Å². The Bertz CT molecular complexity index is 931. The molecule has 0 amide bonds. The molecular formula is C23H26N4S. The van der Waals surface area contributed by atoms with Gasteiger partial charge in [-0.1, -0.05) is 18.2 Å². The maximum absolute atomic E-state index is 6.42. The van der Waals surface area contributed by atoms with Crippen LogP contribution in [0.25, 0.3) is 0 Å². The van der Waals surface area contributed by atoms with E-state index in [1.165, 1.54) is 47.4 Å². The number of anilines is 1. The molecule has 1 unspecified atom stereocenters. The number of fused-ring (bicyclic) bond motifs is 1. The average Bonchev–Trinajstić information content (AvgIpc) is 3.23. The van der Waals surface area contributed by atoms with Crippen LogP contribution in [0.5, 0.6) is 0 Å². The summed E-state index contributed by atoms with van der Waals surface area (Å²) in [6.45, 7) is 1.07. The summed E-state index contributed by atoms with van der Waals surface area (Å²) in [4.78, 5) is 12.9. The first kappa shape index (κ1) is 17.8. The molecule has 1 aliphatic heterocycles. The Balaban J connectivity index is 1.41.